The number of carbonyl (C=O) groups excluding carboxylic acids is 1. The van der Waals surface area contributed by atoms with E-state index in [2.05, 4.69) is 39.8 Å². The number of rotatable bonds is 13. The maximum atomic E-state index is 11.6. The van der Waals surface area contributed by atoms with Gasteiger partial charge in [-0.1, -0.05) is 35.8 Å². The third kappa shape index (κ3) is 7.15. The summed E-state index contributed by atoms with van der Waals surface area (Å²) in [5.41, 5.74) is 2.59. The molecule has 1 aliphatic carbocycles. The first-order chi connectivity index (χ1) is 16.3. The molecule has 6 unspecified atom stereocenters. The molecule has 0 aromatic carbocycles. The summed E-state index contributed by atoms with van der Waals surface area (Å²) >= 11 is 0. The van der Waals surface area contributed by atoms with E-state index in [0.717, 1.165) is 49.5 Å². The molecule has 1 saturated heterocycles. The van der Waals surface area contributed by atoms with Crippen molar-refractivity contribution >= 4 is 6.29 Å². The Hall–Kier alpha value is -1.27. The summed E-state index contributed by atoms with van der Waals surface area (Å²) in [5, 5.41) is 31.9. The molecular formula is C30H50O5. The van der Waals surface area contributed by atoms with Crippen LogP contribution in [0.2, 0.25) is 0 Å². The number of hydrogen-bond acceptors (Lipinski definition) is 5. The van der Waals surface area contributed by atoms with Crippen LogP contribution in [-0.2, 0) is 9.53 Å². The second-order valence-electron chi connectivity index (χ2n) is 11.9. The van der Waals surface area contributed by atoms with Crippen LogP contribution in [0, 0.1) is 11.3 Å². The van der Waals surface area contributed by atoms with Crippen molar-refractivity contribution in [3.05, 3.63) is 34.4 Å². The predicted octanol–water partition coefficient (Wildman–Crippen LogP) is 5.82. The SMILES string of the molecule is CC(C)=CCCC(C)=CCC(O)C1(C)OC1CCC1(C)C(CCCO)C(=C(C)C=O)CCC1(C)O. The quantitative estimate of drug-likeness (QED) is 0.131. The van der Waals surface area contributed by atoms with Crippen LogP contribution < -0.4 is 0 Å². The zero-order chi connectivity index (χ0) is 26.4. The van der Waals surface area contributed by atoms with E-state index < -0.39 is 22.7 Å². The Morgan fingerprint density at radius 2 is 1.83 bits per heavy atom. The number of allylic oxidation sites excluding steroid dienone is 5. The molecule has 200 valence electrons. The minimum Gasteiger partial charge on any atom is -0.396 e. The van der Waals surface area contributed by atoms with Crippen molar-refractivity contribution in [1.82, 2.24) is 0 Å². The molecular weight excluding hydrogens is 440 g/mol. The molecule has 0 aromatic rings. The number of aliphatic hydroxyl groups is 3. The third-order valence-corrected chi connectivity index (χ3v) is 8.98. The maximum absolute atomic E-state index is 11.6. The average molecular weight is 491 g/mol. The lowest BCUT2D eigenvalue weighted by molar-refractivity contribution is -0.116. The Bertz CT molecular complexity index is 819. The second kappa shape index (κ2) is 12.3. The average Bonchev–Trinajstić information content (AvgIpc) is 3.47. The first-order valence-corrected chi connectivity index (χ1v) is 13.4. The van der Waals surface area contributed by atoms with E-state index in [1.165, 1.54) is 11.1 Å². The number of aldehydes is 1. The largest absolute Gasteiger partial charge is 0.396 e. The number of carbonyl (C=O) groups is 1. The fraction of sp³-hybridized carbons (Fsp3) is 0.767. The van der Waals surface area contributed by atoms with Gasteiger partial charge in [0.1, 0.15) is 11.9 Å². The smallest absolute Gasteiger partial charge is 0.145 e. The summed E-state index contributed by atoms with van der Waals surface area (Å²) in [4.78, 5) is 11.6. The van der Waals surface area contributed by atoms with Crippen molar-refractivity contribution in [1.29, 1.82) is 0 Å². The Labute approximate surface area is 213 Å². The van der Waals surface area contributed by atoms with Gasteiger partial charge in [-0.25, -0.2) is 0 Å². The summed E-state index contributed by atoms with van der Waals surface area (Å²) in [6, 6.07) is 0. The topological polar surface area (TPSA) is 90.3 Å². The lowest BCUT2D eigenvalue weighted by atomic mass is 9.54. The van der Waals surface area contributed by atoms with Crippen molar-refractivity contribution in [2.75, 3.05) is 6.61 Å². The zero-order valence-electron chi connectivity index (χ0n) is 23.2. The van der Waals surface area contributed by atoms with E-state index in [1.54, 1.807) is 0 Å². The number of aliphatic hydroxyl groups excluding tert-OH is 2. The van der Waals surface area contributed by atoms with Crippen molar-refractivity contribution in [2.24, 2.45) is 11.3 Å². The van der Waals surface area contributed by atoms with Crippen LogP contribution in [0.3, 0.4) is 0 Å². The van der Waals surface area contributed by atoms with Crippen LogP contribution in [0.1, 0.15) is 106 Å². The molecule has 2 fully saturated rings. The van der Waals surface area contributed by atoms with E-state index in [0.29, 0.717) is 25.7 Å². The van der Waals surface area contributed by atoms with Crippen molar-refractivity contribution in [2.45, 2.75) is 130 Å². The summed E-state index contributed by atoms with van der Waals surface area (Å²) in [6.07, 6.45) is 11.4. The van der Waals surface area contributed by atoms with Gasteiger partial charge in [-0.05, 0) is 111 Å². The van der Waals surface area contributed by atoms with Gasteiger partial charge in [0.25, 0.3) is 0 Å². The van der Waals surface area contributed by atoms with E-state index in [4.69, 9.17) is 4.74 Å². The van der Waals surface area contributed by atoms with Crippen LogP contribution >= 0.6 is 0 Å². The summed E-state index contributed by atoms with van der Waals surface area (Å²) < 4.78 is 6.05. The minimum atomic E-state index is -0.880. The molecule has 0 aromatic heterocycles. The van der Waals surface area contributed by atoms with Gasteiger partial charge in [0.15, 0.2) is 0 Å². The Morgan fingerprint density at radius 3 is 2.43 bits per heavy atom. The minimum absolute atomic E-state index is 0.0323. The lowest BCUT2D eigenvalue weighted by Gasteiger charge is -2.53. The van der Waals surface area contributed by atoms with E-state index in [9.17, 15) is 20.1 Å². The number of epoxide rings is 1. The number of ether oxygens (including phenoxy) is 1. The van der Waals surface area contributed by atoms with Crippen molar-refractivity contribution in [3.63, 3.8) is 0 Å². The monoisotopic (exact) mass is 490 g/mol. The molecule has 5 heteroatoms. The van der Waals surface area contributed by atoms with Crippen LogP contribution in [0.5, 0.6) is 0 Å². The first-order valence-electron chi connectivity index (χ1n) is 13.4. The predicted molar refractivity (Wildman–Crippen MR) is 142 cm³/mol. The third-order valence-electron chi connectivity index (χ3n) is 8.98. The molecule has 5 nitrogen and oxygen atoms in total. The fourth-order valence-corrected chi connectivity index (χ4v) is 5.96. The molecule has 35 heavy (non-hydrogen) atoms. The summed E-state index contributed by atoms with van der Waals surface area (Å²) in [6.45, 7) is 14.3. The molecule has 0 spiro atoms. The molecule has 1 aliphatic heterocycles. The maximum Gasteiger partial charge on any atom is 0.145 e. The number of hydrogen-bond donors (Lipinski definition) is 3. The molecule has 6 atom stereocenters. The Morgan fingerprint density at radius 1 is 1.14 bits per heavy atom. The molecule has 1 heterocycles. The standard InChI is InChI=1S/C30H50O5/c1-21(2)10-8-11-22(3)13-14-26(33)30(7)27(35-30)16-17-28(5)25(12-9-19-31)24(23(4)20-32)15-18-29(28,6)34/h10,13,20,25-27,31,33-34H,8-9,11-12,14-19H2,1-7H3. The molecule has 0 bridgehead atoms. The van der Waals surface area contributed by atoms with Crippen molar-refractivity contribution in [3.8, 4) is 0 Å². The molecule has 1 saturated carbocycles. The second-order valence-corrected chi connectivity index (χ2v) is 11.9. The highest BCUT2D eigenvalue weighted by Gasteiger charge is 2.59. The highest BCUT2D eigenvalue weighted by molar-refractivity contribution is 5.74. The van der Waals surface area contributed by atoms with Gasteiger partial charge in [0, 0.05) is 12.0 Å². The molecule has 0 amide bonds. The van der Waals surface area contributed by atoms with Crippen molar-refractivity contribution < 1.29 is 24.9 Å². The molecule has 3 N–H and O–H groups in total. The normalized spacial score (nSPS) is 35.4. The van der Waals surface area contributed by atoms with Gasteiger partial charge in [0.05, 0.1) is 17.8 Å². The van der Waals surface area contributed by atoms with Gasteiger partial charge >= 0.3 is 0 Å². The molecule has 2 rings (SSSR count). The first kappa shape index (κ1) is 30.0. The molecule has 2 aliphatic rings. The zero-order valence-corrected chi connectivity index (χ0v) is 23.2. The van der Waals surface area contributed by atoms with Crippen LogP contribution in [-0.4, -0.2) is 51.6 Å². The van der Waals surface area contributed by atoms with E-state index >= 15 is 0 Å². The summed E-state index contributed by atoms with van der Waals surface area (Å²) in [7, 11) is 0. The Kier molecular flexibility index (Phi) is 10.5. The fourth-order valence-electron chi connectivity index (χ4n) is 5.96. The highest BCUT2D eigenvalue weighted by atomic mass is 16.6. The summed E-state index contributed by atoms with van der Waals surface area (Å²) in [5.74, 6) is 0.0323. The van der Waals surface area contributed by atoms with Gasteiger partial charge in [0.2, 0.25) is 0 Å². The van der Waals surface area contributed by atoms with Gasteiger partial charge in [-0.15, -0.1) is 0 Å². The van der Waals surface area contributed by atoms with E-state index in [-0.39, 0.29) is 18.6 Å². The van der Waals surface area contributed by atoms with Crippen LogP contribution in [0.25, 0.3) is 0 Å². The van der Waals surface area contributed by atoms with Crippen LogP contribution in [0.15, 0.2) is 34.4 Å². The highest BCUT2D eigenvalue weighted by Crippen LogP contribution is 2.56. The van der Waals surface area contributed by atoms with Gasteiger partial charge in [-0.2, -0.15) is 0 Å². The van der Waals surface area contributed by atoms with Gasteiger partial charge in [-0.3, -0.25) is 4.79 Å². The van der Waals surface area contributed by atoms with Crippen LogP contribution in [0.4, 0.5) is 0 Å². The Balaban J connectivity index is 2.07. The van der Waals surface area contributed by atoms with E-state index in [1.807, 2.05) is 20.8 Å². The molecule has 0 radical (unpaired) electrons. The van der Waals surface area contributed by atoms with Gasteiger partial charge < -0.3 is 20.1 Å². The lowest BCUT2D eigenvalue weighted by Crippen LogP contribution is -2.53.